The van der Waals surface area contributed by atoms with E-state index in [0.29, 0.717) is 0 Å². The van der Waals surface area contributed by atoms with Gasteiger partial charge in [-0.05, 0) is 6.92 Å². The van der Waals surface area contributed by atoms with Crippen LogP contribution in [0.25, 0.3) is 11.2 Å². The van der Waals surface area contributed by atoms with Gasteiger partial charge in [-0.15, -0.1) is 0 Å². The van der Waals surface area contributed by atoms with E-state index in [1.54, 1.807) is 6.20 Å². The first-order valence-electron chi connectivity index (χ1n) is 2.91. The fraction of sp³-hybridized carbons (Fsp3) is 0.167. The minimum atomic E-state index is 0.741. The monoisotopic (exact) mass is 133 g/mol. The van der Waals surface area contributed by atoms with Gasteiger partial charge in [0.25, 0.3) is 0 Å². The Kier molecular flexibility index (Phi) is 0.943. The number of nitrogens with zero attached hydrogens (tertiary/aromatic N) is 3. The molecule has 49 valence electrons. The van der Waals surface area contributed by atoms with Gasteiger partial charge in [0.2, 0.25) is 0 Å². The third kappa shape index (κ3) is 0.655. The first-order chi connectivity index (χ1) is 4.86. The predicted octanol–water partition coefficient (Wildman–Crippen LogP) is 0.462. The maximum atomic E-state index is 4.08. The van der Waals surface area contributed by atoms with Crippen LogP contribution >= 0.6 is 0 Å². The molecule has 0 aliphatic rings. The van der Waals surface area contributed by atoms with Gasteiger partial charge in [-0.3, -0.25) is 0 Å². The third-order valence-corrected chi connectivity index (χ3v) is 1.24. The summed E-state index contributed by atoms with van der Waals surface area (Å²) in [5, 5.41) is 0. The summed E-state index contributed by atoms with van der Waals surface area (Å²) in [6.07, 6.45) is 4.26. The summed E-state index contributed by atoms with van der Waals surface area (Å²) in [5.41, 5.74) is 1.50. The molecule has 4 heteroatoms. The highest BCUT2D eigenvalue weighted by Crippen LogP contribution is 2.01. The molecule has 1 radical (unpaired) electrons. The first kappa shape index (κ1) is 5.34. The molecule has 0 fully saturated rings. The van der Waals surface area contributed by atoms with Crippen molar-refractivity contribution in [2.45, 2.75) is 6.92 Å². The fourth-order valence-electron chi connectivity index (χ4n) is 0.779. The summed E-state index contributed by atoms with van der Waals surface area (Å²) >= 11 is 0. The van der Waals surface area contributed by atoms with Gasteiger partial charge in [0.05, 0.1) is 6.20 Å². The zero-order chi connectivity index (χ0) is 6.97. The SMILES string of the molecule is Cc1ncc2n[c][nH]c2n1. The zero-order valence-corrected chi connectivity index (χ0v) is 5.42. The number of aromatic nitrogens is 4. The van der Waals surface area contributed by atoms with Gasteiger partial charge in [0.1, 0.15) is 11.3 Å². The van der Waals surface area contributed by atoms with Crippen molar-refractivity contribution in [1.29, 1.82) is 0 Å². The van der Waals surface area contributed by atoms with Crippen LogP contribution in [-0.4, -0.2) is 19.9 Å². The number of imidazole rings is 1. The van der Waals surface area contributed by atoms with E-state index < -0.39 is 0 Å². The lowest BCUT2D eigenvalue weighted by atomic mass is 10.5. The lowest BCUT2D eigenvalue weighted by Gasteiger charge is -1.87. The van der Waals surface area contributed by atoms with Crippen LogP contribution in [0.4, 0.5) is 0 Å². The van der Waals surface area contributed by atoms with Gasteiger partial charge in [-0.1, -0.05) is 0 Å². The van der Waals surface area contributed by atoms with E-state index >= 15 is 0 Å². The fourth-order valence-corrected chi connectivity index (χ4v) is 0.779. The second-order valence-electron chi connectivity index (χ2n) is 2.00. The van der Waals surface area contributed by atoms with Crippen LogP contribution in [-0.2, 0) is 0 Å². The first-order valence-corrected chi connectivity index (χ1v) is 2.91. The van der Waals surface area contributed by atoms with Crippen molar-refractivity contribution < 1.29 is 0 Å². The number of nitrogens with one attached hydrogen (secondary N) is 1. The molecule has 0 bridgehead atoms. The number of fused-ring (bicyclic) bond motifs is 1. The number of hydrogen-bond donors (Lipinski definition) is 1. The quantitative estimate of drug-likeness (QED) is 0.568. The summed E-state index contributed by atoms with van der Waals surface area (Å²) in [7, 11) is 0. The standard InChI is InChI=1S/C6H5N4/c1-4-7-2-5-6(10-4)9-3-8-5/h2H,1H3,(H,7,8,9,10). The molecule has 2 heterocycles. The second kappa shape index (κ2) is 1.76. The van der Waals surface area contributed by atoms with E-state index in [4.69, 9.17) is 0 Å². The summed E-state index contributed by atoms with van der Waals surface area (Å²) in [6, 6.07) is 0. The molecular formula is C6H5N4. The molecule has 0 amide bonds. The van der Waals surface area contributed by atoms with Crippen LogP contribution in [0.15, 0.2) is 6.20 Å². The highest BCUT2D eigenvalue weighted by Gasteiger charge is 1.95. The van der Waals surface area contributed by atoms with Gasteiger partial charge >= 0.3 is 0 Å². The van der Waals surface area contributed by atoms with Crippen molar-refractivity contribution in [3.8, 4) is 0 Å². The number of aromatic amines is 1. The molecule has 0 atom stereocenters. The third-order valence-electron chi connectivity index (χ3n) is 1.24. The van der Waals surface area contributed by atoms with E-state index in [9.17, 15) is 0 Å². The van der Waals surface area contributed by atoms with Crippen molar-refractivity contribution in [1.82, 2.24) is 19.9 Å². The highest BCUT2D eigenvalue weighted by molar-refractivity contribution is 5.67. The number of aryl methyl sites for hydroxylation is 1. The average Bonchev–Trinajstić information content (AvgIpc) is 2.33. The predicted molar refractivity (Wildman–Crippen MR) is 35.3 cm³/mol. The molecule has 0 aliphatic carbocycles. The molecule has 0 saturated heterocycles. The molecule has 2 rings (SSSR count). The summed E-state index contributed by atoms with van der Waals surface area (Å²) in [4.78, 5) is 14.7. The van der Waals surface area contributed by atoms with E-state index in [2.05, 4.69) is 26.3 Å². The molecule has 0 aromatic carbocycles. The van der Waals surface area contributed by atoms with E-state index in [0.717, 1.165) is 17.0 Å². The van der Waals surface area contributed by atoms with Gasteiger partial charge in [-0.2, -0.15) is 0 Å². The van der Waals surface area contributed by atoms with Crippen LogP contribution in [0, 0.1) is 13.3 Å². The molecule has 0 spiro atoms. The largest absolute Gasteiger partial charge is 0.320 e. The molecule has 4 nitrogen and oxygen atoms in total. The molecular weight excluding hydrogens is 128 g/mol. The highest BCUT2D eigenvalue weighted by atomic mass is 15.0. The van der Waals surface area contributed by atoms with Gasteiger partial charge < -0.3 is 4.98 Å². The van der Waals surface area contributed by atoms with Gasteiger partial charge in [0, 0.05) is 0 Å². The molecule has 0 aliphatic heterocycles. The molecule has 0 saturated carbocycles. The molecule has 10 heavy (non-hydrogen) atoms. The Labute approximate surface area is 57.3 Å². The lowest BCUT2D eigenvalue weighted by Crippen LogP contribution is -1.85. The Morgan fingerprint density at radius 3 is 3.40 bits per heavy atom. The van der Waals surface area contributed by atoms with E-state index in [1.165, 1.54) is 0 Å². The van der Waals surface area contributed by atoms with E-state index in [1.807, 2.05) is 6.92 Å². The van der Waals surface area contributed by atoms with Crippen molar-refractivity contribution in [3.63, 3.8) is 0 Å². The normalized spacial score (nSPS) is 10.5. The van der Waals surface area contributed by atoms with Crippen molar-refractivity contribution in [2.75, 3.05) is 0 Å². The maximum absolute atomic E-state index is 4.08. The van der Waals surface area contributed by atoms with Crippen molar-refractivity contribution in [3.05, 3.63) is 18.3 Å². The van der Waals surface area contributed by atoms with Crippen LogP contribution in [0.3, 0.4) is 0 Å². The Hall–Kier alpha value is -1.45. The van der Waals surface area contributed by atoms with Crippen LogP contribution in [0.5, 0.6) is 0 Å². The smallest absolute Gasteiger partial charge is 0.175 e. The molecule has 1 N–H and O–H groups in total. The van der Waals surface area contributed by atoms with E-state index in [-0.39, 0.29) is 0 Å². The molecule has 2 aromatic heterocycles. The summed E-state index contributed by atoms with van der Waals surface area (Å²) < 4.78 is 0. The number of H-pyrrole nitrogens is 1. The summed E-state index contributed by atoms with van der Waals surface area (Å²) in [6.45, 7) is 1.83. The average molecular weight is 133 g/mol. The lowest BCUT2D eigenvalue weighted by molar-refractivity contribution is 1.08. The number of rotatable bonds is 0. The van der Waals surface area contributed by atoms with Gasteiger partial charge in [-0.25, -0.2) is 15.0 Å². The van der Waals surface area contributed by atoms with Crippen LogP contribution < -0.4 is 0 Å². The zero-order valence-electron chi connectivity index (χ0n) is 5.42. The van der Waals surface area contributed by atoms with Crippen LogP contribution in [0.2, 0.25) is 0 Å². The molecule has 2 aromatic rings. The van der Waals surface area contributed by atoms with Crippen molar-refractivity contribution in [2.24, 2.45) is 0 Å². The second-order valence-corrected chi connectivity index (χ2v) is 2.00. The van der Waals surface area contributed by atoms with Crippen LogP contribution in [0.1, 0.15) is 5.82 Å². The topological polar surface area (TPSA) is 54.5 Å². The Morgan fingerprint density at radius 2 is 2.50 bits per heavy atom. The Bertz CT molecular complexity index is 351. The number of hydrogen-bond acceptors (Lipinski definition) is 3. The Balaban J connectivity index is 2.86. The Morgan fingerprint density at radius 1 is 1.60 bits per heavy atom. The minimum absolute atomic E-state index is 0.741. The summed E-state index contributed by atoms with van der Waals surface area (Å²) in [5.74, 6) is 0.741. The van der Waals surface area contributed by atoms with Crippen molar-refractivity contribution >= 4 is 11.2 Å². The molecule has 0 unspecified atom stereocenters. The maximum Gasteiger partial charge on any atom is 0.175 e. The van der Waals surface area contributed by atoms with Gasteiger partial charge in [0.15, 0.2) is 12.0 Å². The minimum Gasteiger partial charge on any atom is -0.320 e.